The highest BCUT2D eigenvalue weighted by molar-refractivity contribution is 7.89. The van der Waals surface area contributed by atoms with Crippen molar-refractivity contribution >= 4 is 15.8 Å². The topological polar surface area (TPSA) is 104 Å². The van der Waals surface area contributed by atoms with Crippen molar-refractivity contribution < 1.29 is 23.4 Å². The standard InChI is InChI=1S/C21H19NO5S/c23-18-9-11-19(12-10-18)28(26,27)22-21(25)14-4-5-16(15-21)8-13-20(24)17-6-2-1-3-7-17/h1-14,22-23,25H,15H2/b13-8+. The van der Waals surface area contributed by atoms with Crippen LogP contribution in [-0.4, -0.2) is 30.1 Å². The third-order valence-electron chi connectivity index (χ3n) is 4.12. The Morgan fingerprint density at radius 2 is 1.75 bits per heavy atom. The minimum absolute atomic E-state index is 0.0423. The van der Waals surface area contributed by atoms with Crippen LogP contribution in [-0.2, 0) is 10.0 Å². The van der Waals surface area contributed by atoms with E-state index in [1.807, 2.05) is 6.07 Å². The van der Waals surface area contributed by atoms with Gasteiger partial charge in [0.15, 0.2) is 11.5 Å². The van der Waals surface area contributed by atoms with Crippen LogP contribution < -0.4 is 4.72 Å². The van der Waals surface area contributed by atoms with Crippen LogP contribution in [0.4, 0.5) is 0 Å². The van der Waals surface area contributed by atoms with E-state index in [9.17, 15) is 23.4 Å². The summed E-state index contributed by atoms with van der Waals surface area (Å²) in [7, 11) is -4.01. The van der Waals surface area contributed by atoms with E-state index in [0.29, 0.717) is 11.1 Å². The van der Waals surface area contributed by atoms with Crippen molar-refractivity contribution in [1.82, 2.24) is 4.72 Å². The van der Waals surface area contributed by atoms with E-state index in [2.05, 4.69) is 4.72 Å². The number of carbonyl (C=O) groups excluding carboxylic acids is 1. The van der Waals surface area contributed by atoms with Crippen LogP contribution in [0.3, 0.4) is 0 Å². The smallest absolute Gasteiger partial charge is 0.243 e. The van der Waals surface area contributed by atoms with Gasteiger partial charge in [0.2, 0.25) is 10.0 Å². The monoisotopic (exact) mass is 397 g/mol. The molecule has 0 aliphatic heterocycles. The Kier molecular flexibility index (Phi) is 5.60. The highest BCUT2D eigenvalue weighted by Crippen LogP contribution is 2.25. The molecule has 0 radical (unpaired) electrons. The summed E-state index contributed by atoms with van der Waals surface area (Å²) in [6, 6.07) is 13.7. The van der Waals surface area contributed by atoms with Crippen LogP contribution in [0.25, 0.3) is 0 Å². The minimum atomic E-state index is -4.01. The van der Waals surface area contributed by atoms with Crippen molar-refractivity contribution in [2.24, 2.45) is 0 Å². The van der Waals surface area contributed by atoms with E-state index in [1.54, 1.807) is 36.4 Å². The molecule has 1 aliphatic rings. The first-order valence-corrected chi connectivity index (χ1v) is 9.97. The summed E-state index contributed by atoms with van der Waals surface area (Å²) >= 11 is 0. The average Bonchev–Trinajstić information content (AvgIpc) is 2.66. The van der Waals surface area contributed by atoms with Crippen molar-refractivity contribution in [2.75, 3.05) is 0 Å². The number of phenolic OH excluding ortho intramolecular Hbond substituents is 1. The van der Waals surface area contributed by atoms with E-state index in [0.717, 1.165) is 0 Å². The summed E-state index contributed by atoms with van der Waals surface area (Å²) in [5.41, 5.74) is -0.710. The number of carbonyl (C=O) groups is 1. The number of benzene rings is 2. The largest absolute Gasteiger partial charge is 0.508 e. The van der Waals surface area contributed by atoms with Gasteiger partial charge in [-0.15, -0.1) is 0 Å². The second-order valence-electron chi connectivity index (χ2n) is 6.36. The molecule has 2 aromatic carbocycles. The van der Waals surface area contributed by atoms with Crippen LogP contribution in [0.1, 0.15) is 16.8 Å². The third-order valence-corrected chi connectivity index (χ3v) is 5.64. The van der Waals surface area contributed by atoms with Gasteiger partial charge in [0.1, 0.15) is 5.75 Å². The minimum Gasteiger partial charge on any atom is -0.508 e. The fraction of sp³-hybridized carbons (Fsp3) is 0.0952. The van der Waals surface area contributed by atoms with Crippen LogP contribution in [0.5, 0.6) is 5.75 Å². The molecule has 1 aliphatic carbocycles. The molecule has 0 heterocycles. The summed E-state index contributed by atoms with van der Waals surface area (Å²) in [5.74, 6) is -0.252. The molecule has 2 aromatic rings. The number of phenols is 1. The van der Waals surface area contributed by atoms with Gasteiger partial charge in [-0.25, -0.2) is 8.42 Å². The van der Waals surface area contributed by atoms with E-state index in [1.165, 1.54) is 42.5 Å². The molecule has 0 spiro atoms. The Morgan fingerprint density at radius 1 is 1.07 bits per heavy atom. The molecule has 0 bridgehead atoms. The van der Waals surface area contributed by atoms with Gasteiger partial charge in [-0.3, -0.25) is 4.79 Å². The molecule has 0 aromatic heterocycles. The van der Waals surface area contributed by atoms with Crippen LogP contribution in [0.2, 0.25) is 0 Å². The molecule has 0 saturated carbocycles. The molecule has 1 unspecified atom stereocenters. The Hall–Kier alpha value is -3.00. The molecule has 1 atom stereocenters. The Morgan fingerprint density at radius 3 is 2.43 bits per heavy atom. The number of nitrogens with one attached hydrogen (secondary N) is 1. The zero-order chi connectivity index (χ0) is 20.2. The number of hydrogen-bond acceptors (Lipinski definition) is 5. The van der Waals surface area contributed by atoms with E-state index >= 15 is 0 Å². The number of allylic oxidation sites excluding steroid dienone is 4. The number of sulfonamides is 1. The predicted molar refractivity (Wildman–Crippen MR) is 105 cm³/mol. The molecule has 3 N–H and O–H groups in total. The van der Waals surface area contributed by atoms with E-state index < -0.39 is 15.7 Å². The van der Waals surface area contributed by atoms with Gasteiger partial charge in [0.05, 0.1) is 4.90 Å². The fourth-order valence-electron chi connectivity index (χ4n) is 2.74. The molecule has 0 fully saturated rings. The SMILES string of the molecule is O=C(/C=C/C1=CC=CC(O)(NS(=O)(=O)c2ccc(O)cc2)C1)c1ccccc1. The first kappa shape index (κ1) is 19.8. The third kappa shape index (κ3) is 4.83. The number of hydrogen-bond donors (Lipinski definition) is 3. The maximum absolute atomic E-state index is 12.5. The normalized spacial score (nSPS) is 19.5. The van der Waals surface area contributed by atoms with Crippen molar-refractivity contribution in [3.05, 3.63) is 96.1 Å². The van der Waals surface area contributed by atoms with Gasteiger partial charge in [-0.05, 0) is 42.0 Å². The summed E-state index contributed by atoms with van der Waals surface area (Å²) in [6.45, 7) is 0. The van der Waals surface area contributed by atoms with Gasteiger partial charge in [0, 0.05) is 12.0 Å². The summed E-state index contributed by atoms with van der Waals surface area (Å²) < 4.78 is 27.2. The van der Waals surface area contributed by atoms with Gasteiger partial charge in [0.25, 0.3) is 0 Å². The van der Waals surface area contributed by atoms with Crippen molar-refractivity contribution in [1.29, 1.82) is 0 Å². The maximum atomic E-state index is 12.5. The van der Waals surface area contributed by atoms with E-state index in [4.69, 9.17) is 0 Å². The Labute approximate surface area is 163 Å². The van der Waals surface area contributed by atoms with Gasteiger partial charge >= 0.3 is 0 Å². The maximum Gasteiger partial charge on any atom is 0.243 e. The molecule has 7 heteroatoms. The number of aromatic hydroxyl groups is 1. The zero-order valence-corrected chi connectivity index (χ0v) is 15.6. The summed E-state index contributed by atoms with van der Waals surface area (Å²) in [5, 5.41) is 20.0. The molecule has 144 valence electrons. The average molecular weight is 397 g/mol. The van der Waals surface area contributed by atoms with Crippen molar-refractivity contribution in [2.45, 2.75) is 17.0 Å². The predicted octanol–water partition coefficient (Wildman–Crippen LogP) is 2.68. The van der Waals surface area contributed by atoms with Crippen LogP contribution in [0, 0.1) is 0 Å². The Balaban J connectivity index is 1.72. The lowest BCUT2D eigenvalue weighted by atomic mass is 9.97. The molecule has 3 rings (SSSR count). The first-order valence-electron chi connectivity index (χ1n) is 8.49. The summed E-state index contributed by atoms with van der Waals surface area (Å²) in [6.07, 6.45) is 7.45. The molecular formula is C21H19NO5S. The van der Waals surface area contributed by atoms with Gasteiger partial charge in [-0.1, -0.05) is 48.6 Å². The number of rotatable bonds is 6. The number of ketones is 1. The molecular weight excluding hydrogens is 378 g/mol. The first-order chi connectivity index (χ1) is 13.3. The lowest BCUT2D eigenvalue weighted by Gasteiger charge is -2.28. The lowest BCUT2D eigenvalue weighted by Crippen LogP contribution is -2.47. The number of aliphatic hydroxyl groups is 1. The van der Waals surface area contributed by atoms with E-state index in [-0.39, 0.29) is 22.8 Å². The van der Waals surface area contributed by atoms with Crippen LogP contribution in [0.15, 0.2) is 95.4 Å². The molecule has 0 amide bonds. The highest BCUT2D eigenvalue weighted by Gasteiger charge is 2.32. The van der Waals surface area contributed by atoms with Crippen molar-refractivity contribution in [3.8, 4) is 5.75 Å². The summed E-state index contributed by atoms with van der Waals surface area (Å²) in [4.78, 5) is 12.1. The highest BCUT2D eigenvalue weighted by atomic mass is 32.2. The van der Waals surface area contributed by atoms with Crippen molar-refractivity contribution in [3.63, 3.8) is 0 Å². The second-order valence-corrected chi connectivity index (χ2v) is 8.05. The lowest BCUT2D eigenvalue weighted by molar-refractivity contribution is 0.0792. The molecule has 6 nitrogen and oxygen atoms in total. The second kappa shape index (κ2) is 7.93. The van der Waals surface area contributed by atoms with Crippen LogP contribution >= 0.6 is 0 Å². The zero-order valence-electron chi connectivity index (χ0n) is 14.8. The van der Waals surface area contributed by atoms with Gasteiger partial charge in [-0.2, -0.15) is 4.72 Å². The Bertz CT molecular complexity index is 1050. The molecule has 0 saturated heterocycles. The fourth-order valence-corrected chi connectivity index (χ4v) is 3.96. The van der Waals surface area contributed by atoms with Gasteiger partial charge < -0.3 is 10.2 Å². The molecule has 28 heavy (non-hydrogen) atoms. The quantitative estimate of drug-likeness (QED) is 0.395.